The van der Waals surface area contributed by atoms with Crippen LogP contribution in [-0.2, 0) is 11.3 Å². The van der Waals surface area contributed by atoms with Crippen molar-refractivity contribution in [2.45, 2.75) is 50.7 Å². The van der Waals surface area contributed by atoms with Crippen molar-refractivity contribution in [2.75, 3.05) is 13.7 Å². The molecule has 2 aromatic carbocycles. The van der Waals surface area contributed by atoms with Crippen molar-refractivity contribution in [3.05, 3.63) is 59.2 Å². The zero-order chi connectivity index (χ0) is 20.4. The highest BCUT2D eigenvalue weighted by atomic mass is 19.1. The van der Waals surface area contributed by atoms with Crippen molar-refractivity contribution in [2.24, 2.45) is 0 Å². The number of halogens is 2. The monoisotopic (exact) mass is 401 g/mol. The molecule has 0 N–H and O–H groups in total. The second-order valence-corrected chi connectivity index (χ2v) is 7.89. The number of nitrogens with zero attached hydrogens (tertiary/aromatic N) is 1. The van der Waals surface area contributed by atoms with Gasteiger partial charge in [0.2, 0.25) is 5.91 Å². The largest absolute Gasteiger partial charge is 0.493 e. The quantitative estimate of drug-likeness (QED) is 0.697. The summed E-state index contributed by atoms with van der Waals surface area (Å²) in [6.45, 7) is 0.706. The van der Waals surface area contributed by atoms with Crippen LogP contribution in [0, 0.1) is 11.6 Å². The molecule has 29 heavy (non-hydrogen) atoms. The third-order valence-electron chi connectivity index (χ3n) is 5.77. The third-order valence-corrected chi connectivity index (χ3v) is 5.77. The first-order valence-corrected chi connectivity index (χ1v) is 10.1. The molecule has 1 saturated carbocycles. The first-order valence-electron chi connectivity index (χ1n) is 10.1. The maximum absolute atomic E-state index is 13.5. The summed E-state index contributed by atoms with van der Waals surface area (Å²) in [5.74, 6) is 0.137. The molecule has 1 atom stereocenters. The molecule has 2 fully saturated rings. The first-order chi connectivity index (χ1) is 14.0. The summed E-state index contributed by atoms with van der Waals surface area (Å²) >= 11 is 0. The number of likely N-dealkylation sites (tertiary alicyclic amines) is 1. The van der Waals surface area contributed by atoms with Crippen LogP contribution in [0.2, 0.25) is 0 Å². The van der Waals surface area contributed by atoms with Crippen molar-refractivity contribution in [3.63, 3.8) is 0 Å². The number of amides is 1. The Balaban J connectivity index is 1.49. The van der Waals surface area contributed by atoms with E-state index in [0.717, 1.165) is 30.2 Å². The van der Waals surface area contributed by atoms with Gasteiger partial charge in [-0.15, -0.1) is 0 Å². The van der Waals surface area contributed by atoms with Crippen molar-refractivity contribution < 1.29 is 23.0 Å². The smallest absolute Gasteiger partial charge is 0.223 e. The normalized spacial score (nSPS) is 19.8. The lowest BCUT2D eigenvalue weighted by atomic mass is 9.98. The van der Waals surface area contributed by atoms with Crippen molar-refractivity contribution in [3.8, 4) is 11.5 Å². The standard InChI is InChI=1S/C23H25F2NO3/c1-28-21-7-6-16(10-22(21)29-20-4-2-3-5-20)17-11-23(27)26(14-17)13-15-8-18(24)12-19(25)9-15/h6-10,12,17,20H,2-5,11,13-14H2,1H3/t17-/m1/s1. The minimum absolute atomic E-state index is 0.0118. The molecular weight excluding hydrogens is 376 g/mol. The van der Waals surface area contributed by atoms with Gasteiger partial charge in [-0.05, 0) is 61.1 Å². The van der Waals surface area contributed by atoms with Gasteiger partial charge >= 0.3 is 0 Å². The Hall–Kier alpha value is -2.63. The van der Waals surface area contributed by atoms with Crippen LogP contribution in [0.3, 0.4) is 0 Å². The van der Waals surface area contributed by atoms with Crippen LogP contribution < -0.4 is 9.47 Å². The average Bonchev–Trinajstić information content (AvgIpc) is 3.31. The van der Waals surface area contributed by atoms with Gasteiger partial charge < -0.3 is 14.4 Å². The van der Waals surface area contributed by atoms with E-state index >= 15 is 0 Å². The number of carbonyl (C=O) groups excluding carboxylic acids is 1. The van der Waals surface area contributed by atoms with Gasteiger partial charge in [0.1, 0.15) is 11.6 Å². The summed E-state index contributed by atoms with van der Waals surface area (Å²) in [7, 11) is 1.62. The fourth-order valence-electron chi connectivity index (χ4n) is 4.30. The molecule has 0 bridgehead atoms. The third kappa shape index (κ3) is 4.52. The molecule has 1 saturated heterocycles. The van der Waals surface area contributed by atoms with E-state index in [-0.39, 0.29) is 24.5 Å². The molecule has 6 heteroatoms. The molecule has 2 aliphatic rings. The molecule has 4 nitrogen and oxygen atoms in total. The molecule has 1 aliphatic heterocycles. The number of carbonyl (C=O) groups is 1. The van der Waals surface area contributed by atoms with Gasteiger partial charge in [-0.1, -0.05) is 6.07 Å². The van der Waals surface area contributed by atoms with Crippen LogP contribution in [-0.4, -0.2) is 30.6 Å². The van der Waals surface area contributed by atoms with E-state index in [1.165, 1.54) is 25.0 Å². The van der Waals surface area contributed by atoms with Gasteiger partial charge in [-0.2, -0.15) is 0 Å². The fourth-order valence-corrected chi connectivity index (χ4v) is 4.30. The number of hydrogen-bond donors (Lipinski definition) is 0. The summed E-state index contributed by atoms with van der Waals surface area (Å²) in [6, 6.07) is 9.19. The predicted octanol–water partition coefficient (Wildman–Crippen LogP) is 4.81. The molecule has 0 spiro atoms. The summed E-state index contributed by atoms with van der Waals surface area (Å²) < 4.78 is 38.5. The average molecular weight is 401 g/mol. The van der Waals surface area contributed by atoms with E-state index < -0.39 is 11.6 Å². The van der Waals surface area contributed by atoms with Gasteiger partial charge in [0.05, 0.1) is 13.2 Å². The lowest BCUT2D eigenvalue weighted by Gasteiger charge is -2.19. The van der Waals surface area contributed by atoms with Crippen molar-refractivity contribution in [1.29, 1.82) is 0 Å². The number of hydrogen-bond acceptors (Lipinski definition) is 3. The maximum atomic E-state index is 13.5. The maximum Gasteiger partial charge on any atom is 0.223 e. The minimum atomic E-state index is -0.632. The Kier molecular flexibility index (Phi) is 5.69. The van der Waals surface area contributed by atoms with E-state index in [2.05, 4.69) is 0 Å². The molecule has 0 unspecified atom stereocenters. The highest BCUT2D eigenvalue weighted by Gasteiger charge is 2.31. The fraction of sp³-hybridized carbons (Fsp3) is 0.435. The Morgan fingerprint density at radius 3 is 2.45 bits per heavy atom. The van der Waals surface area contributed by atoms with Crippen LogP contribution in [0.15, 0.2) is 36.4 Å². The van der Waals surface area contributed by atoms with E-state index in [1.54, 1.807) is 12.0 Å². The Morgan fingerprint density at radius 1 is 1.03 bits per heavy atom. The van der Waals surface area contributed by atoms with Gasteiger partial charge in [0.15, 0.2) is 11.5 Å². The van der Waals surface area contributed by atoms with Crippen LogP contribution in [0.5, 0.6) is 11.5 Å². The minimum Gasteiger partial charge on any atom is -0.493 e. The number of rotatable bonds is 6. The topological polar surface area (TPSA) is 38.8 Å². The Labute approximate surface area is 169 Å². The molecule has 0 radical (unpaired) electrons. The molecule has 1 heterocycles. The van der Waals surface area contributed by atoms with E-state index in [1.807, 2.05) is 18.2 Å². The zero-order valence-electron chi connectivity index (χ0n) is 16.5. The number of benzene rings is 2. The second kappa shape index (κ2) is 8.39. The van der Waals surface area contributed by atoms with Crippen LogP contribution in [0.4, 0.5) is 8.78 Å². The van der Waals surface area contributed by atoms with Crippen LogP contribution in [0.25, 0.3) is 0 Å². The van der Waals surface area contributed by atoms with Crippen LogP contribution >= 0.6 is 0 Å². The van der Waals surface area contributed by atoms with Gasteiger partial charge in [-0.3, -0.25) is 4.79 Å². The molecule has 4 rings (SSSR count). The molecular formula is C23H25F2NO3. The van der Waals surface area contributed by atoms with Gasteiger partial charge in [-0.25, -0.2) is 8.78 Å². The van der Waals surface area contributed by atoms with E-state index in [4.69, 9.17) is 9.47 Å². The molecule has 0 aromatic heterocycles. The lowest BCUT2D eigenvalue weighted by Crippen LogP contribution is -2.24. The summed E-state index contributed by atoms with van der Waals surface area (Å²) in [5, 5.41) is 0. The Bertz CT molecular complexity index is 875. The highest BCUT2D eigenvalue weighted by molar-refractivity contribution is 5.79. The molecule has 1 aliphatic carbocycles. The van der Waals surface area contributed by atoms with Gasteiger partial charge in [0.25, 0.3) is 0 Å². The predicted molar refractivity (Wildman–Crippen MR) is 105 cm³/mol. The first kappa shape index (κ1) is 19.7. The molecule has 154 valence electrons. The number of methoxy groups -OCH3 is 1. The van der Waals surface area contributed by atoms with Crippen molar-refractivity contribution >= 4 is 5.91 Å². The van der Waals surface area contributed by atoms with E-state index in [9.17, 15) is 13.6 Å². The van der Waals surface area contributed by atoms with Crippen molar-refractivity contribution in [1.82, 2.24) is 4.90 Å². The van der Waals surface area contributed by atoms with E-state index in [0.29, 0.717) is 24.3 Å². The Morgan fingerprint density at radius 2 is 1.76 bits per heavy atom. The molecule has 1 amide bonds. The second-order valence-electron chi connectivity index (χ2n) is 7.89. The van der Waals surface area contributed by atoms with Gasteiger partial charge in [0, 0.05) is 31.5 Å². The summed E-state index contributed by atoms with van der Waals surface area (Å²) in [6.07, 6.45) is 5.04. The van der Waals surface area contributed by atoms with Crippen LogP contribution in [0.1, 0.15) is 49.1 Å². The molecule has 2 aromatic rings. The summed E-state index contributed by atoms with van der Waals surface area (Å²) in [5.41, 5.74) is 1.47. The summed E-state index contributed by atoms with van der Waals surface area (Å²) in [4.78, 5) is 14.2. The lowest BCUT2D eigenvalue weighted by molar-refractivity contribution is -0.128. The zero-order valence-corrected chi connectivity index (χ0v) is 16.5. The SMILES string of the molecule is COc1ccc([C@@H]2CC(=O)N(Cc3cc(F)cc(F)c3)C2)cc1OC1CCCC1. The highest BCUT2D eigenvalue weighted by Crippen LogP contribution is 2.37. The number of ether oxygens (including phenoxy) is 2.